The molecule has 94 valence electrons. The number of carbonyl (C=O) groups excluding carboxylic acids is 1. The van der Waals surface area contributed by atoms with Crippen LogP contribution in [0.4, 0.5) is 0 Å². The van der Waals surface area contributed by atoms with Crippen molar-refractivity contribution in [2.24, 2.45) is 0 Å². The summed E-state index contributed by atoms with van der Waals surface area (Å²) in [6, 6.07) is 7.22. The first-order valence-corrected chi connectivity index (χ1v) is 6.45. The zero-order valence-corrected chi connectivity index (χ0v) is 11.4. The maximum absolute atomic E-state index is 11.6. The van der Waals surface area contributed by atoms with E-state index >= 15 is 0 Å². The normalized spacial score (nSPS) is 23.2. The molecule has 0 saturated carbocycles. The Kier molecular flexibility index (Phi) is 3.99. The van der Waals surface area contributed by atoms with Gasteiger partial charge in [0.2, 0.25) is 0 Å². The van der Waals surface area contributed by atoms with Crippen molar-refractivity contribution >= 4 is 21.7 Å². The predicted octanol–water partition coefficient (Wildman–Crippen LogP) is 2.44. The lowest BCUT2D eigenvalue weighted by atomic mass is 9.94. The third-order valence-corrected chi connectivity index (χ3v) is 3.66. The lowest BCUT2D eigenvalue weighted by molar-refractivity contribution is -0.126. The number of hydrogen-bond donors (Lipinski definition) is 1. The fourth-order valence-electron chi connectivity index (χ4n) is 2.08. The molecular weight excluding hydrogens is 294 g/mol. The molecule has 1 aromatic carbocycles. The van der Waals surface area contributed by atoms with Gasteiger partial charge in [-0.3, -0.25) is 4.79 Å². The van der Waals surface area contributed by atoms with Gasteiger partial charge >= 0.3 is 0 Å². The van der Waals surface area contributed by atoms with Crippen molar-refractivity contribution < 1.29 is 9.90 Å². The molecule has 0 bridgehead atoms. The van der Waals surface area contributed by atoms with Crippen LogP contribution in [0.3, 0.4) is 0 Å². The summed E-state index contributed by atoms with van der Waals surface area (Å²) in [7, 11) is 0. The quantitative estimate of drug-likeness (QED) is 0.872. The molecule has 0 radical (unpaired) electrons. The summed E-state index contributed by atoms with van der Waals surface area (Å²) < 4.78 is 0.881. The van der Waals surface area contributed by atoms with Gasteiger partial charge in [0, 0.05) is 17.2 Å². The number of aliphatic hydroxyl groups is 1. The van der Waals surface area contributed by atoms with Crippen LogP contribution in [0, 0.1) is 0 Å². The first-order valence-electron chi connectivity index (χ1n) is 5.66. The molecule has 2 rings (SSSR count). The standard InChI is InChI=1S/C14H14BrNO2/c1-2-8-16-9-7-12(17)14(18)13(16)10-5-3-4-6-11(10)15/h2-7,9,13-14,18H,1,8H2/t13-,14-/m1/s1. The van der Waals surface area contributed by atoms with Crippen molar-refractivity contribution in [3.05, 3.63) is 59.2 Å². The monoisotopic (exact) mass is 307 g/mol. The van der Waals surface area contributed by atoms with E-state index in [-0.39, 0.29) is 11.8 Å². The minimum atomic E-state index is -1.05. The molecule has 1 heterocycles. The number of benzene rings is 1. The molecule has 0 unspecified atom stereocenters. The van der Waals surface area contributed by atoms with Crippen LogP contribution < -0.4 is 0 Å². The summed E-state index contributed by atoms with van der Waals surface area (Å²) in [6.07, 6.45) is 3.81. The van der Waals surface area contributed by atoms with E-state index in [0.29, 0.717) is 6.54 Å². The summed E-state index contributed by atoms with van der Waals surface area (Å²) in [5.41, 5.74) is 0.893. The molecule has 1 aliphatic heterocycles. The second-order valence-electron chi connectivity index (χ2n) is 4.11. The molecule has 0 aliphatic carbocycles. The van der Waals surface area contributed by atoms with Crippen molar-refractivity contribution in [1.82, 2.24) is 4.90 Å². The number of nitrogens with zero attached hydrogens (tertiary/aromatic N) is 1. The highest BCUT2D eigenvalue weighted by atomic mass is 79.9. The van der Waals surface area contributed by atoms with E-state index in [1.807, 2.05) is 29.2 Å². The van der Waals surface area contributed by atoms with Crippen LogP contribution in [0.5, 0.6) is 0 Å². The Morgan fingerprint density at radius 1 is 1.44 bits per heavy atom. The first kappa shape index (κ1) is 13.1. The Balaban J connectivity index is 2.44. The van der Waals surface area contributed by atoms with Crippen LogP contribution in [0.1, 0.15) is 11.6 Å². The van der Waals surface area contributed by atoms with E-state index in [4.69, 9.17) is 0 Å². The van der Waals surface area contributed by atoms with E-state index in [1.54, 1.807) is 12.3 Å². The minimum Gasteiger partial charge on any atom is -0.382 e. The van der Waals surface area contributed by atoms with Gasteiger partial charge in [-0.05, 0) is 17.7 Å². The largest absolute Gasteiger partial charge is 0.382 e. The van der Waals surface area contributed by atoms with Gasteiger partial charge in [0.1, 0.15) is 6.10 Å². The molecule has 1 aromatic rings. The van der Waals surface area contributed by atoms with Crippen LogP contribution in [-0.2, 0) is 4.79 Å². The van der Waals surface area contributed by atoms with E-state index in [2.05, 4.69) is 22.5 Å². The number of hydrogen-bond acceptors (Lipinski definition) is 3. The van der Waals surface area contributed by atoms with Crippen LogP contribution >= 0.6 is 15.9 Å². The van der Waals surface area contributed by atoms with Gasteiger partial charge in [0.05, 0.1) is 6.04 Å². The van der Waals surface area contributed by atoms with Crippen molar-refractivity contribution in [2.75, 3.05) is 6.54 Å². The van der Waals surface area contributed by atoms with Gasteiger partial charge in [0.15, 0.2) is 5.78 Å². The Morgan fingerprint density at radius 2 is 2.17 bits per heavy atom. The van der Waals surface area contributed by atoms with Crippen LogP contribution in [-0.4, -0.2) is 28.4 Å². The van der Waals surface area contributed by atoms with Gasteiger partial charge in [-0.2, -0.15) is 0 Å². The summed E-state index contributed by atoms with van der Waals surface area (Å²) in [5.74, 6) is -0.268. The number of aliphatic hydroxyl groups excluding tert-OH is 1. The second-order valence-corrected chi connectivity index (χ2v) is 4.97. The molecule has 1 N–H and O–H groups in total. The lowest BCUT2D eigenvalue weighted by Gasteiger charge is -2.36. The Morgan fingerprint density at radius 3 is 2.83 bits per heavy atom. The van der Waals surface area contributed by atoms with E-state index < -0.39 is 6.10 Å². The maximum Gasteiger partial charge on any atom is 0.188 e. The molecular formula is C14H14BrNO2. The Labute approximate surface area is 115 Å². The van der Waals surface area contributed by atoms with Gasteiger partial charge < -0.3 is 10.0 Å². The van der Waals surface area contributed by atoms with E-state index in [1.165, 1.54) is 6.08 Å². The lowest BCUT2D eigenvalue weighted by Crippen LogP contribution is -2.41. The van der Waals surface area contributed by atoms with Crippen LogP contribution in [0.2, 0.25) is 0 Å². The smallest absolute Gasteiger partial charge is 0.188 e. The maximum atomic E-state index is 11.6. The van der Waals surface area contributed by atoms with E-state index in [9.17, 15) is 9.90 Å². The van der Waals surface area contributed by atoms with Gasteiger partial charge in [-0.1, -0.05) is 40.2 Å². The van der Waals surface area contributed by atoms with Crippen molar-refractivity contribution in [1.29, 1.82) is 0 Å². The average Bonchev–Trinajstić information content (AvgIpc) is 2.36. The van der Waals surface area contributed by atoms with Crippen molar-refractivity contribution in [3.63, 3.8) is 0 Å². The molecule has 2 atom stereocenters. The Bertz CT molecular complexity index is 498. The Hall–Kier alpha value is -1.39. The molecule has 0 amide bonds. The fourth-order valence-corrected chi connectivity index (χ4v) is 2.60. The number of ketones is 1. The van der Waals surface area contributed by atoms with Gasteiger partial charge in [-0.25, -0.2) is 0 Å². The second kappa shape index (κ2) is 5.50. The zero-order chi connectivity index (χ0) is 13.1. The van der Waals surface area contributed by atoms with Crippen molar-refractivity contribution in [3.8, 4) is 0 Å². The highest BCUT2D eigenvalue weighted by Gasteiger charge is 2.33. The molecule has 4 heteroatoms. The summed E-state index contributed by atoms with van der Waals surface area (Å²) in [4.78, 5) is 13.5. The fraction of sp³-hybridized carbons (Fsp3) is 0.214. The average molecular weight is 308 g/mol. The van der Waals surface area contributed by atoms with Gasteiger partial charge in [-0.15, -0.1) is 6.58 Å². The summed E-state index contributed by atoms with van der Waals surface area (Å²) in [5, 5.41) is 10.1. The molecule has 18 heavy (non-hydrogen) atoms. The van der Waals surface area contributed by atoms with Crippen LogP contribution in [0.25, 0.3) is 0 Å². The zero-order valence-electron chi connectivity index (χ0n) is 9.79. The highest BCUT2D eigenvalue weighted by Crippen LogP contribution is 2.33. The summed E-state index contributed by atoms with van der Waals surface area (Å²) >= 11 is 3.46. The highest BCUT2D eigenvalue weighted by molar-refractivity contribution is 9.10. The van der Waals surface area contributed by atoms with E-state index in [0.717, 1.165) is 10.0 Å². The third-order valence-electron chi connectivity index (χ3n) is 2.94. The summed E-state index contributed by atoms with van der Waals surface area (Å²) in [6.45, 7) is 4.27. The minimum absolute atomic E-state index is 0.268. The van der Waals surface area contributed by atoms with Gasteiger partial charge in [0.25, 0.3) is 0 Å². The predicted molar refractivity (Wildman–Crippen MR) is 73.9 cm³/mol. The number of carbonyl (C=O) groups is 1. The molecule has 0 aromatic heterocycles. The molecule has 3 nitrogen and oxygen atoms in total. The molecule has 0 spiro atoms. The molecule has 0 saturated heterocycles. The molecule has 1 aliphatic rings. The topological polar surface area (TPSA) is 40.5 Å². The number of halogens is 1. The molecule has 0 fully saturated rings. The third kappa shape index (κ3) is 2.40. The van der Waals surface area contributed by atoms with Crippen LogP contribution in [0.15, 0.2) is 53.7 Å². The number of rotatable bonds is 3. The van der Waals surface area contributed by atoms with Crippen molar-refractivity contribution in [2.45, 2.75) is 12.1 Å². The SMILES string of the molecule is C=CCN1C=CC(=O)[C@@H](O)[C@H]1c1ccccc1Br. The first-order chi connectivity index (χ1) is 8.65.